The standard InChI is InChI=1S/C13H12N2O5/c1-14(8-10-3-2-6-20-10)12-7-9(15(18)19)4-5-11(12)13(16)17/h2-7H,8H2,1H3,(H,16,17). The van der Waals surface area contributed by atoms with Crippen LogP contribution in [0, 0.1) is 10.1 Å². The van der Waals surface area contributed by atoms with Crippen molar-refractivity contribution in [1.29, 1.82) is 0 Å². The third kappa shape index (κ3) is 2.77. The molecule has 7 nitrogen and oxygen atoms in total. The maximum absolute atomic E-state index is 11.2. The van der Waals surface area contributed by atoms with E-state index in [2.05, 4.69) is 0 Å². The number of benzene rings is 1. The Bertz CT molecular complexity index is 636. The van der Waals surface area contributed by atoms with E-state index in [0.29, 0.717) is 12.3 Å². The molecule has 20 heavy (non-hydrogen) atoms. The zero-order valence-corrected chi connectivity index (χ0v) is 10.6. The van der Waals surface area contributed by atoms with Gasteiger partial charge in [0.2, 0.25) is 0 Å². The number of carboxylic acids is 1. The molecule has 0 unspecified atom stereocenters. The van der Waals surface area contributed by atoms with E-state index in [1.165, 1.54) is 24.5 Å². The summed E-state index contributed by atoms with van der Waals surface area (Å²) < 4.78 is 5.18. The van der Waals surface area contributed by atoms with Gasteiger partial charge in [-0.1, -0.05) is 0 Å². The Morgan fingerprint density at radius 1 is 1.45 bits per heavy atom. The molecule has 7 heteroatoms. The average Bonchev–Trinajstić information content (AvgIpc) is 2.90. The van der Waals surface area contributed by atoms with Crippen molar-refractivity contribution in [3.05, 3.63) is 58.0 Å². The third-order valence-electron chi connectivity index (χ3n) is 2.81. The summed E-state index contributed by atoms with van der Waals surface area (Å²) in [4.78, 5) is 23.0. The second-order valence-electron chi connectivity index (χ2n) is 4.20. The molecule has 0 bridgehead atoms. The van der Waals surface area contributed by atoms with Crippen LogP contribution in [0.15, 0.2) is 41.0 Å². The predicted molar refractivity (Wildman–Crippen MR) is 70.9 cm³/mol. The number of non-ortho nitro benzene ring substituents is 1. The Hall–Kier alpha value is -2.83. The maximum Gasteiger partial charge on any atom is 0.337 e. The number of carbonyl (C=O) groups is 1. The molecule has 0 atom stereocenters. The largest absolute Gasteiger partial charge is 0.478 e. The van der Waals surface area contributed by atoms with Crippen molar-refractivity contribution < 1.29 is 19.2 Å². The van der Waals surface area contributed by atoms with Crippen molar-refractivity contribution in [2.75, 3.05) is 11.9 Å². The van der Waals surface area contributed by atoms with Crippen molar-refractivity contribution in [3.63, 3.8) is 0 Å². The average molecular weight is 276 g/mol. The second-order valence-corrected chi connectivity index (χ2v) is 4.20. The third-order valence-corrected chi connectivity index (χ3v) is 2.81. The highest BCUT2D eigenvalue weighted by Crippen LogP contribution is 2.26. The minimum atomic E-state index is -1.14. The zero-order valence-electron chi connectivity index (χ0n) is 10.6. The van der Waals surface area contributed by atoms with Gasteiger partial charge in [0, 0.05) is 19.2 Å². The quantitative estimate of drug-likeness (QED) is 0.665. The lowest BCUT2D eigenvalue weighted by Crippen LogP contribution is -2.19. The van der Waals surface area contributed by atoms with Crippen molar-refractivity contribution in [1.82, 2.24) is 0 Å². The lowest BCUT2D eigenvalue weighted by atomic mass is 10.1. The zero-order chi connectivity index (χ0) is 14.7. The van der Waals surface area contributed by atoms with E-state index in [9.17, 15) is 14.9 Å². The fraction of sp³-hybridized carbons (Fsp3) is 0.154. The minimum absolute atomic E-state index is 0.00431. The van der Waals surface area contributed by atoms with Crippen LogP contribution in [-0.2, 0) is 6.54 Å². The van der Waals surface area contributed by atoms with E-state index < -0.39 is 10.9 Å². The molecule has 1 heterocycles. The topological polar surface area (TPSA) is 96.8 Å². The number of hydrogen-bond donors (Lipinski definition) is 1. The van der Waals surface area contributed by atoms with Crippen LogP contribution >= 0.6 is 0 Å². The molecule has 0 spiro atoms. The Balaban J connectivity index is 2.38. The molecule has 1 N–H and O–H groups in total. The molecule has 104 valence electrons. The minimum Gasteiger partial charge on any atom is -0.478 e. The maximum atomic E-state index is 11.2. The van der Waals surface area contributed by atoms with E-state index in [1.54, 1.807) is 24.1 Å². The van der Waals surface area contributed by atoms with Gasteiger partial charge < -0.3 is 14.4 Å². The first-order valence-corrected chi connectivity index (χ1v) is 5.74. The summed E-state index contributed by atoms with van der Waals surface area (Å²) in [6.45, 7) is 0.314. The number of nitrogens with zero attached hydrogens (tertiary/aromatic N) is 2. The molecule has 1 aromatic carbocycles. The number of carboxylic acid groups (broad SMARTS) is 1. The van der Waals surface area contributed by atoms with Gasteiger partial charge in [0.15, 0.2) is 0 Å². The summed E-state index contributed by atoms with van der Waals surface area (Å²) in [6.07, 6.45) is 1.51. The van der Waals surface area contributed by atoms with Gasteiger partial charge in [-0.15, -0.1) is 0 Å². The van der Waals surface area contributed by atoms with E-state index in [4.69, 9.17) is 9.52 Å². The molecule has 0 saturated carbocycles. The normalized spacial score (nSPS) is 10.2. The summed E-state index contributed by atoms with van der Waals surface area (Å²) in [5, 5.41) is 19.9. The number of rotatable bonds is 5. The van der Waals surface area contributed by atoms with Crippen LogP contribution in [0.1, 0.15) is 16.1 Å². The Morgan fingerprint density at radius 2 is 2.20 bits per heavy atom. The molecular weight excluding hydrogens is 264 g/mol. The molecule has 2 rings (SSSR count). The number of nitro benzene ring substituents is 1. The first-order chi connectivity index (χ1) is 9.49. The molecule has 1 aromatic heterocycles. The highest BCUT2D eigenvalue weighted by Gasteiger charge is 2.18. The highest BCUT2D eigenvalue weighted by atomic mass is 16.6. The van der Waals surface area contributed by atoms with E-state index in [1.807, 2.05) is 0 Å². The molecular formula is C13H12N2O5. The first-order valence-electron chi connectivity index (χ1n) is 5.74. The predicted octanol–water partition coefficient (Wildman–Crippen LogP) is 2.52. The van der Waals surface area contributed by atoms with Crippen molar-refractivity contribution >= 4 is 17.3 Å². The number of nitro groups is 1. The van der Waals surface area contributed by atoms with Crippen LogP contribution in [0.3, 0.4) is 0 Å². The monoisotopic (exact) mass is 276 g/mol. The van der Waals surface area contributed by atoms with Crippen molar-refractivity contribution in [2.45, 2.75) is 6.54 Å². The number of anilines is 1. The summed E-state index contributed by atoms with van der Waals surface area (Å²) >= 11 is 0. The first kappa shape index (κ1) is 13.6. The molecule has 0 aliphatic rings. The van der Waals surface area contributed by atoms with E-state index in [-0.39, 0.29) is 16.9 Å². The van der Waals surface area contributed by atoms with Gasteiger partial charge in [-0.05, 0) is 18.2 Å². The molecule has 2 aromatic rings. The van der Waals surface area contributed by atoms with Crippen molar-refractivity contribution in [2.24, 2.45) is 0 Å². The molecule has 0 aliphatic carbocycles. The van der Waals surface area contributed by atoms with Gasteiger partial charge in [-0.3, -0.25) is 10.1 Å². The SMILES string of the molecule is CN(Cc1ccco1)c1cc([N+](=O)[O-])ccc1C(=O)O. The van der Waals surface area contributed by atoms with Crippen LogP contribution < -0.4 is 4.90 Å². The van der Waals surface area contributed by atoms with Gasteiger partial charge in [-0.25, -0.2) is 4.79 Å². The van der Waals surface area contributed by atoms with Crippen LogP contribution in [0.4, 0.5) is 11.4 Å². The molecule has 0 saturated heterocycles. The Morgan fingerprint density at radius 3 is 2.75 bits per heavy atom. The van der Waals surface area contributed by atoms with Gasteiger partial charge in [0.05, 0.1) is 29.0 Å². The lowest BCUT2D eigenvalue weighted by molar-refractivity contribution is -0.384. The Kier molecular flexibility index (Phi) is 3.69. The van der Waals surface area contributed by atoms with Crippen LogP contribution in [0.2, 0.25) is 0 Å². The number of hydrogen-bond acceptors (Lipinski definition) is 5. The Labute approximate surface area is 114 Å². The summed E-state index contributed by atoms with van der Waals surface area (Å²) in [5.74, 6) is -0.503. The number of furan rings is 1. The fourth-order valence-electron chi connectivity index (χ4n) is 1.85. The van der Waals surface area contributed by atoms with Crippen LogP contribution in [0.25, 0.3) is 0 Å². The summed E-state index contributed by atoms with van der Waals surface area (Å²) in [5.41, 5.74) is 0.115. The molecule has 0 fully saturated rings. The summed E-state index contributed by atoms with van der Waals surface area (Å²) in [7, 11) is 1.65. The lowest BCUT2D eigenvalue weighted by Gasteiger charge is -2.19. The van der Waals surface area contributed by atoms with E-state index >= 15 is 0 Å². The van der Waals surface area contributed by atoms with Gasteiger partial charge >= 0.3 is 5.97 Å². The van der Waals surface area contributed by atoms with Gasteiger partial charge in [-0.2, -0.15) is 0 Å². The summed E-state index contributed by atoms with van der Waals surface area (Å²) in [6, 6.07) is 7.11. The van der Waals surface area contributed by atoms with Crippen LogP contribution in [-0.4, -0.2) is 23.0 Å². The molecule has 0 radical (unpaired) electrons. The molecule has 0 amide bonds. The highest BCUT2D eigenvalue weighted by molar-refractivity contribution is 5.95. The van der Waals surface area contributed by atoms with Crippen molar-refractivity contribution in [3.8, 4) is 0 Å². The second kappa shape index (κ2) is 5.43. The number of aromatic carboxylic acids is 1. The fourth-order valence-corrected chi connectivity index (χ4v) is 1.85. The smallest absolute Gasteiger partial charge is 0.337 e. The van der Waals surface area contributed by atoms with Gasteiger partial charge in [0.1, 0.15) is 5.76 Å². The van der Waals surface area contributed by atoms with E-state index in [0.717, 1.165) is 0 Å². The molecule has 0 aliphatic heterocycles. The van der Waals surface area contributed by atoms with Crippen LogP contribution in [0.5, 0.6) is 0 Å². The van der Waals surface area contributed by atoms with Gasteiger partial charge in [0.25, 0.3) is 5.69 Å².